The Hall–Kier alpha value is -2.34. The molecule has 6 heteroatoms. The highest BCUT2D eigenvalue weighted by Gasteiger charge is 2.16. The molecule has 5 nitrogen and oxygen atoms in total. The molecule has 0 fully saturated rings. The lowest BCUT2D eigenvalue weighted by Gasteiger charge is -2.22. The van der Waals surface area contributed by atoms with Crippen LogP contribution in [0.5, 0.6) is 0 Å². The van der Waals surface area contributed by atoms with Crippen molar-refractivity contribution < 1.29 is 4.79 Å². The first-order valence-corrected chi connectivity index (χ1v) is 6.95. The van der Waals surface area contributed by atoms with Crippen LogP contribution < -0.4 is 5.73 Å². The highest BCUT2D eigenvalue weighted by Crippen LogP contribution is 2.08. The number of hydrogen-bond acceptors (Lipinski definition) is 4. The van der Waals surface area contributed by atoms with Crippen molar-refractivity contribution in [1.82, 2.24) is 14.9 Å². The molecule has 0 aromatic carbocycles. The molecule has 2 N–H and O–H groups in total. The molecule has 0 atom stereocenters. The van der Waals surface area contributed by atoms with Crippen LogP contribution >= 0.6 is 12.2 Å². The molecule has 2 aromatic heterocycles. The van der Waals surface area contributed by atoms with E-state index >= 15 is 0 Å². The van der Waals surface area contributed by atoms with Crippen LogP contribution in [0, 0.1) is 0 Å². The number of thiocarbonyl (C=S) groups is 1. The van der Waals surface area contributed by atoms with Crippen LogP contribution in [0.2, 0.25) is 0 Å². The van der Waals surface area contributed by atoms with Crippen molar-refractivity contribution in [1.29, 1.82) is 0 Å². The molecule has 1 amide bonds. The Morgan fingerprint density at radius 2 is 2.10 bits per heavy atom. The number of rotatable bonds is 6. The molecule has 0 aliphatic heterocycles. The van der Waals surface area contributed by atoms with Crippen molar-refractivity contribution in [2.24, 2.45) is 5.73 Å². The number of hydrogen-bond donors (Lipinski definition) is 1. The first-order valence-electron chi connectivity index (χ1n) is 6.54. The Labute approximate surface area is 128 Å². The minimum Gasteiger partial charge on any atom is -0.393 e. The van der Waals surface area contributed by atoms with E-state index in [1.807, 2.05) is 18.2 Å². The van der Waals surface area contributed by atoms with Gasteiger partial charge in [0.2, 0.25) is 0 Å². The van der Waals surface area contributed by atoms with Gasteiger partial charge < -0.3 is 10.6 Å². The summed E-state index contributed by atoms with van der Waals surface area (Å²) in [5, 5.41) is 0. The predicted molar refractivity (Wildman–Crippen MR) is 84.6 cm³/mol. The summed E-state index contributed by atoms with van der Waals surface area (Å²) in [5.74, 6) is -0.106. The summed E-state index contributed by atoms with van der Waals surface area (Å²) < 4.78 is 0. The molecule has 0 radical (unpaired) electrons. The van der Waals surface area contributed by atoms with Gasteiger partial charge in [-0.3, -0.25) is 14.8 Å². The van der Waals surface area contributed by atoms with E-state index in [-0.39, 0.29) is 5.91 Å². The van der Waals surface area contributed by atoms with Gasteiger partial charge in [0.05, 0.1) is 22.8 Å². The van der Waals surface area contributed by atoms with E-state index in [1.165, 1.54) is 0 Å². The molecule has 0 saturated carbocycles. The standard InChI is InChI=1S/C15H16N4OS/c16-14(21)6-9-19(11-13-5-1-2-8-18-13)15(20)12-4-3-7-17-10-12/h1-5,7-8,10H,6,9,11H2,(H2,16,21). The maximum atomic E-state index is 12.5. The van der Waals surface area contributed by atoms with Crippen molar-refractivity contribution in [2.45, 2.75) is 13.0 Å². The smallest absolute Gasteiger partial charge is 0.255 e. The Kier molecular flexibility index (Phi) is 5.34. The topological polar surface area (TPSA) is 72.1 Å². The first kappa shape index (κ1) is 15.1. The molecule has 0 unspecified atom stereocenters. The van der Waals surface area contributed by atoms with Crippen LogP contribution in [-0.2, 0) is 6.54 Å². The van der Waals surface area contributed by atoms with Gasteiger partial charge in [0, 0.05) is 31.6 Å². The molecule has 0 saturated heterocycles. The fourth-order valence-corrected chi connectivity index (χ4v) is 1.95. The predicted octanol–water partition coefficient (Wildman–Crippen LogP) is 1.80. The number of aromatic nitrogens is 2. The molecule has 0 aliphatic rings. The Morgan fingerprint density at radius 1 is 1.24 bits per heavy atom. The highest BCUT2D eigenvalue weighted by molar-refractivity contribution is 7.80. The van der Waals surface area contributed by atoms with Crippen molar-refractivity contribution in [3.8, 4) is 0 Å². The molecule has 0 bridgehead atoms. The summed E-state index contributed by atoms with van der Waals surface area (Å²) in [6.45, 7) is 0.872. The van der Waals surface area contributed by atoms with Crippen LogP contribution in [-0.4, -0.2) is 32.3 Å². The summed E-state index contributed by atoms with van der Waals surface area (Å²) in [6, 6.07) is 9.08. The van der Waals surface area contributed by atoms with Gasteiger partial charge in [-0.25, -0.2) is 0 Å². The fraction of sp³-hybridized carbons (Fsp3) is 0.200. The monoisotopic (exact) mass is 300 g/mol. The molecule has 2 rings (SSSR count). The largest absolute Gasteiger partial charge is 0.393 e. The zero-order valence-electron chi connectivity index (χ0n) is 11.5. The van der Waals surface area contributed by atoms with Gasteiger partial charge in [-0.05, 0) is 24.3 Å². The van der Waals surface area contributed by atoms with Crippen LogP contribution in [0.25, 0.3) is 0 Å². The average Bonchev–Trinajstić information content (AvgIpc) is 2.52. The Bertz CT molecular complexity index is 604. The van der Waals surface area contributed by atoms with E-state index in [0.717, 1.165) is 5.69 Å². The number of carbonyl (C=O) groups is 1. The summed E-state index contributed by atoms with van der Waals surface area (Å²) >= 11 is 4.89. The van der Waals surface area contributed by atoms with Gasteiger partial charge in [0.15, 0.2) is 0 Å². The van der Waals surface area contributed by atoms with Crippen LogP contribution in [0.1, 0.15) is 22.5 Å². The number of nitrogens with zero attached hydrogens (tertiary/aromatic N) is 3. The first-order chi connectivity index (χ1) is 10.2. The molecule has 2 heterocycles. The lowest BCUT2D eigenvalue weighted by atomic mass is 10.2. The summed E-state index contributed by atoms with van der Waals surface area (Å²) in [7, 11) is 0. The molecular weight excluding hydrogens is 284 g/mol. The highest BCUT2D eigenvalue weighted by atomic mass is 32.1. The van der Waals surface area contributed by atoms with Crippen LogP contribution in [0.4, 0.5) is 0 Å². The average molecular weight is 300 g/mol. The van der Waals surface area contributed by atoms with Crippen molar-refractivity contribution >= 4 is 23.1 Å². The van der Waals surface area contributed by atoms with E-state index in [4.69, 9.17) is 18.0 Å². The third-order valence-electron chi connectivity index (χ3n) is 2.90. The molecule has 21 heavy (non-hydrogen) atoms. The summed E-state index contributed by atoms with van der Waals surface area (Å²) in [6.07, 6.45) is 5.37. The van der Waals surface area contributed by atoms with E-state index in [1.54, 1.807) is 35.6 Å². The zero-order valence-corrected chi connectivity index (χ0v) is 12.3. The van der Waals surface area contributed by atoms with Crippen molar-refractivity contribution in [2.75, 3.05) is 6.54 Å². The SMILES string of the molecule is NC(=S)CCN(Cc1ccccn1)C(=O)c1cccnc1. The zero-order chi connectivity index (χ0) is 15.1. The molecule has 0 aliphatic carbocycles. The lowest BCUT2D eigenvalue weighted by Crippen LogP contribution is -2.33. The number of pyridine rings is 2. The second-order valence-electron chi connectivity index (χ2n) is 4.51. The minimum atomic E-state index is -0.106. The lowest BCUT2D eigenvalue weighted by molar-refractivity contribution is 0.0745. The quantitative estimate of drug-likeness (QED) is 0.824. The van der Waals surface area contributed by atoms with E-state index in [2.05, 4.69) is 9.97 Å². The van der Waals surface area contributed by atoms with Gasteiger partial charge in [-0.15, -0.1) is 0 Å². The molecule has 108 valence electrons. The second kappa shape index (κ2) is 7.44. The molecule has 0 spiro atoms. The van der Waals surface area contributed by atoms with E-state index < -0.39 is 0 Å². The van der Waals surface area contributed by atoms with E-state index in [9.17, 15) is 4.79 Å². The second-order valence-corrected chi connectivity index (χ2v) is 5.03. The number of amides is 1. The van der Waals surface area contributed by atoms with Gasteiger partial charge in [-0.2, -0.15) is 0 Å². The third-order valence-corrected chi connectivity index (χ3v) is 3.11. The van der Waals surface area contributed by atoms with Crippen LogP contribution in [0.15, 0.2) is 48.9 Å². The Balaban J connectivity index is 2.15. The fourth-order valence-electron chi connectivity index (χ4n) is 1.86. The van der Waals surface area contributed by atoms with E-state index in [0.29, 0.717) is 30.1 Å². The minimum absolute atomic E-state index is 0.106. The molecular formula is C15H16N4OS. The van der Waals surface area contributed by atoms with Gasteiger partial charge in [-0.1, -0.05) is 18.3 Å². The van der Waals surface area contributed by atoms with Gasteiger partial charge in [0.25, 0.3) is 5.91 Å². The van der Waals surface area contributed by atoms with Gasteiger partial charge >= 0.3 is 0 Å². The number of nitrogens with two attached hydrogens (primary N) is 1. The Morgan fingerprint density at radius 3 is 2.71 bits per heavy atom. The van der Waals surface area contributed by atoms with Gasteiger partial charge in [0.1, 0.15) is 0 Å². The third kappa shape index (κ3) is 4.61. The maximum absolute atomic E-state index is 12.5. The summed E-state index contributed by atoms with van der Waals surface area (Å²) in [5.41, 5.74) is 6.89. The maximum Gasteiger partial charge on any atom is 0.255 e. The van der Waals surface area contributed by atoms with Crippen molar-refractivity contribution in [3.05, 3.63) is 60.2 Å². The molecule has 2 aromatic rings. The van der Waals surface area contributed by atoms with Crippen molar-refractivity contribution in [3.63, 3.8) is 0 Å². The normalized spacial score (nSPS) is 10.1. The summed E-state index contributed by atoms with van der Waals surface area (Å²) in [4.78, 5) is 22.8. The number of carbonyl (C=O) groups excluding carboxylic acids is 1. The van der Waals surface area contributed by atoms with Crippen LogP contribution in [0.3, 0.4) is 0 Å².